The Balaban J connectivity index is 2.25. The first-order valence-electron chi connectivity index (χ1n) is 6.16. The van der Waals surface area contributed by atoms with Crippen LogP contribution in [0.2, 0.25) is 0 Å². The molecule has 0 bridgehead atoms. The summed E-state index contributed by atoms with van der Waals surface area (Å²) in [7, 11) is 0. The maximum absolute atomic E-state index is 14.0. The normalized spacial score (nSPS) is 13.0. The summed E-state index contributed by atoms with van der Waals surface area (Å²) in [6, 6.07) is 5.64. The smallest absolute Gasteiger partial charge is 0.201 e. The first kappa shape index (κ1) is 12.7. The first-order valence-corrected chi connectivity index (χ1v) is 6.16. The number of aromatic nitrogens is 2. The van der Waals surface area contributed by atoms with Crippen LogP contribution < -0.4 is 5.73 Å². The number of rotatable bonds is 2. The number of nitrogens with zero attached hydrogens (tertiary/aromatic N) is 2. The molecule has 0 aliphatic heterocycles. The Hall–Kier alpha value is -2.37. The van der Waals surface area contributed by atoms with Gasteiger partial charge in [-0.3, -0.25) is 4.57 Å². The van der Waals surface area contributed by atoms with Crippen molar-refractivity contribution in [3.63, 3.8) is 0 Å². The highest BCUT2D eigenvalue weighted by Gasteiger charge is 2.22. The SMILES string of the molecule is Cc1ccc(C(C)n2c(N)nc3ccc(F)c(F)c32)o1. The minimum Gasteiger partial charge on any atom is -0.464 e. The monoisotopic (exact) mass is 277 g/mol. The van der Waals surface area contributed by atoms with E-state index in [0.29, 0.717) is 11.3 Å². The van der Waals surface area contributed by atoms with Crippen molar-refractivity contribution in [2.24, 2.45) is 0 Å². The molecular formula is C14H13F2N3O. The molecule has 0 aliphatic rings. The number of hydrogen-bond acceptors (Lipinski definition) is 3. The largest absolute Gasteiger partial charge is 0.464 e. The van der Waals surface area contributed by atoms with Crippen molar-refractivity contribution in [1.82, 2.24) is 9.55 Å². The van der Waals surface area contributed by atoms with Gasteiger partial charge in [0.05, 0.1) is 11.6 Å². The lowest BCUT2D eigenvalue weighted by atomic mass is 10.2. The van der Waals surface area contributed by atoms with Crippen molar-refractivity contribution in [3.8, 4) is 0 Å². The van der Waals surface area contributed by atoms with E-state index in [1.165, 1.54) is 10.6 Å². The summed E-state index contributed by atoms with van der Waals surface area (Å²) in [5.41, 5.74) is 6.20. The van der Waals surface area contributed by atoms with Gasteiger partial charge in [-0.05, 0) is 38.1 Å². The molecule has 1 aromatic carbocycles. The van der Waals surface area contributed by atoms with Crippen molar-refractivity contribution in [2.75, 3.05) is 5.73 Å². The van der Waals surface area contributed by atoms with Gasteiger partial charge in [0.25, 0.3) is 0 Å². The van der Waals surface area contributed by atoms with Gasteiger partial charge in [-0.2, -0.15) is 0 Å². The van der Waals surface area contributed by atoms with Crippen LogP contribution in [0, 0.1) is 18.6 Å². The molecule has 1 atom stereocenters. The fourth-order valence-corrected chi connectivity index (χ4v) is 2.34. The molecule has 2 N–H and O–H groups in total. The molecule has 2 heterocycles. The molecule has 20 heavy (non-hydrogen) atoms. The molecule has 0 fully saturated rings. The Morgan fingerprint density at radius 3 is 2.65 bits per heavy atom. The Labute approximate surface area is 113 Å². The Morgan fingerprint density at radius 2 is 2.00 bits per heavy atom. The van der Waals surface area contributed by atoms with Gasteiger partial charge in [0.2, 0.25) is 5.95 Å². The van der Waals surface area contributed by atoms with E-state index < -0.39 is 11.6 Å². The molecule has 3 rings (SSSR count). The average Bonchev–Trinajstić information content (AvgIpc) is 2.97. The zero-order chi connectivity index (χ0) is 14.4. The van der Waals surface area contributed by atoms with E-state index in [0.717, 1.165) is 11.8 Å². The summed E-state index contributed by atoms with van der Waals surface area (Å²) < 4.78 is 34.4. The minimum absolute atomic E-state index is 0.0454. The van der Waals surface area contributed by atoms with Crippen molar-refractivity contribution >= 4 is 17.0 Å². The number of imidazole rings is 1. The number of halogens is 2. The maximum Gasteiger partial charge on any atom is 0.201 e. The van der Waals surface area contributed by atoms with Crippen LogP contribution in [0.15, 0.2) is 28.7 Å². The average molecular weight is 277 g/mol. The van der Waals surface area contributed by atoms with E-state index in [1.54, 1.807) is 19.1 Å². The lowest BCUT2D eigenvalue weighted by molar-refractivity contribution is 0.432. The predicted octanol–water partition coefficient (Wildman–Crippen LogP) is 3.41. The molecule has 2 aromatic heterocycles. The highest BCUT2D eigenvalue weighted by molar-refractivity contribution is 5.79. The van der Waals surface area contributed by atoms with Crippen molar-refractivity contribution in [2.45, 2.75) is 19.9 Å². The zero-order valence-corrected chi connectivity index (χ0v) is 11.0. The maximum atomic E-state index is 14.0. The van der Waals surface area contributed by atoms with E-state index in [2.05, 4.69) is 4.98 Å². The Kier molecular flexibility index (Phi) is 2.74. The highest BCUT2D eigenvalue weighted by atomic mass is 19.2. The van der Waals surface area contributed by atoms with E-state index >= 15 is 0 Å². The Morgan fingerprint density at radius 1 is 1.25 bits per heavy atom. The van der Waals surface area contributed by atoms with Crippen molar-refractivity contribution in [3.05, 3.63) is 47.4 Å². The number of nitrogens with two attached hydrogens (primary N) is 1. The predicted molar refractivity (Wildman–Crippen MR) is 71.3 cm³/mol. The minimum atomic E-state index is -0.957. The van der Waals surface area contributed by atoms with Crippen LogP contribution in [-0.2, 0) is 0 Å². The summed E-state index contributed by atoms with van der Waals surface area (Å²) in [6.07, 6.45) is 0. The fraction of sp³-hybridized carbons (Fsp3) is 0.214. The second kappa shape index (κ2) is 4.33. The number of aryl methyl sites for hydroxylation is 1. The summed E-state index contributed by atoms with van der Waals surface area (Å²) in [4.78, 5) is 4.06. The van der Waals surface area contributed by atoms with Gasteiger partial charge >= 0.3 is 0 Å². The third-order valence-corrected chi connectivity index (χ3v) is 3.33. The topological polar surface area (TPSA) is 57.0 Å². The molecule has 0 amide bonds. The van der Waals surface area contributed by atoms with Gasteiger partial charge in [0.1, 0.15) is 17.0 Å². The molecule has 6 heteroatoms. The van der Waals surface area contributed by atoms with Crippen LogP contribution in [0.3, 0.4) is 0 Å². The van der Waals surface area contributed by atoms with Gasteiger partial charge in [-0.1, -0.05) is 0 Å². The molecule has 0 aliphatic carbocycles. The molecule has 1 unspecified atom stereocenters. The number of furan rings is 1. The van der Waals surface area contributed by atoms with Gasteiger partial charge in [0, 0.05) is 0 Å². The number of fused-ring (bicyclic) bond motifs is 1. The van der Waals surface area contributed by atoms with Gasteiger partial charge in [-0.25, -0.2) is 13.8 Å². The van der Waals surface area contributed by atoms with Crippen LogP contribution >= 0.6 is 0 Å². The zero-order valence-electron chi connectivity index (χ0n) is 11.0. The number of benzene rings is 1. The van der Waals surface area contributed by atoms with Crippen molar-refractivity contribution in [1.29, 1.82) is 0 Å². The van der Waals surface area contributed by atoms with E-state index in [4.69, 9.17) is 10.2 Å². The molecule has 4 nitrogen and oxygen atoms in total. The number of hydrogen-bond donors (Lipinski definition) is 1. The van der Waals surface area contributed by atoms with Gasteiger partial charge in [-0.15, -0.1) is 0 Å². The fourth-order valence-electron chi connectivity index (χ4n) is 2.34. The third kappa shape index (κ3) is 1.76. The first-order chi connectivity index (χ1) is 9.49. The molecule has 104 valence electrons. The molecule has 3 aromatic rings. The second-order valence-corrected chi connectivity index (χ2v) is 4.69. The van der Waals surface area contributed by atoms with Crippen LogP contribution in [0.5, 0.6) is 0 Å². The Bertz CT molecular complexity index is 791. The number of nitrogen functional groups attached to an aromatic ring is 1. The molecule has 0 saturated carbocycles. The standard InChI is InChI=1S/C14H13F2N3O/c1-7-3-6-11(20-7)8(2)19-13-10(18-14(19)17)5-4-9(15)12(13)16/h3-6,8H,1-2H3,(H2,17,18). The van der Waals surface area contributed by atoms with E-state index in [1.807, 2.05) is 6.92 Å². The van der Waals surface area contributed by atoms with Gasteiger partial charge in [0.15, 0.2) is 11.6 Å². The quantitative estimate of drug-likeness (QED) is 0.781. The lowest BCUT2D eigenvalue weighted by Crippen LogP contribution is -2.10. The molecule has 0 spiro atoms. The van der Waals surface area contributed by atoms with Gasteiger partial charge < -0.3 is 10.2 Å². The summed E-state index contributed by atoms with van der Waals surface area (Å²) in [6.45, 7) is 3.60. The second-order valence-electron chi connectivity index (χ2n) is 4.69. The molecular weight excluding hydrogens is 264 g/mol. The van der Waals surface area contributed by atoms with Crippen LogP contribution in [0.1, 0.15) is 24.5 Å². The van der Waals surface area contributed by atoms with Crippen LogP contribution in [-0.4, -0.2) is 9.55 Å². The molecule has 0 radical (unpaired) electrons. The summed E-state index contributed by atoms with van der Waals surface area (Å²) >= 11 is 0. The third-order valence-electron chi connectivity index (χ3n) is 3.33. The molecule has 0 saturated heterocycles. The number of anilines is 1. The van der Waals surface area contributed by atoms with Crippen LogP contribution in [0.25, 0.3) is 11.0 Å². The highest BCUT2D eigenvalue weighted by Crippen LogP contribution is 2.30. The summed E-state index contributed by atoms with van der Waals surface area (Å²) in [5.74, 6) is -0.423. The van der Waals surface area contributed by atoms with Crippen LogP contribution in [0.4, 0.5) is 14.7 Å². The van der Waals surface area contributed by atoms with Crippen molar-refractivity contribution < 1.29 is 13.2 Å². The lowest BCUT2D eigenvalue weighted by Gasteiger charge is -2.14. The summed E-state index contributed by atoms with van der Waals surface area (Å²) in [5, 5.41) is 0. The van der Waals surface area contributed by atoms with E-state index in [9.17, 15) is 8.78 Å². The van der Waals surface area contributed by atoms with E-state index in [-0.39, 0.29) is 17.5 Å².